The van der Waals surface area contributed by atoms with Crippen LogP contribution >= 0.6 is 12.4 Å². The predicted molar refractivity (Wildman–Crippen MR) is 71.0 cm³/mol. The fourth-order valence-electron chi connectivity index (χ4n) is 2.50. The van der Waals surface area contributed by atoms with E-state index in [2.05, 4.69) is 5.32 Å². The second-order valence-electron chi connectivity index (χ2n) is 4.81. The average Bonchev–Trinajstić information content (AvgIpc) is 2.40. The summed E-state index contributed by atoms with van der Waals surface area (Å²) in [5.74, 6) is 0.806. The Morgan fingerprint density at radius 3 is 2.72 bits per heavy atom. The van der Waals surface area contributed by atoms with Crippen LogP contribution in [-0.2, 0) is 14.3 Å². The zero-order valence-electron chi connectivity index (χ0n) is 10.9. The summed E-state index contributed by atoms with van der Waals surface area (Å²) in [6, 6.07) is -0.136. The number of nitrogens with zero attached hydrogens (tertiary/aromatic N) is 1. The molecule has 1 atom stereocenters. The first kappa shape index (κ1) is 15.7. The zero-order chi connectivity index (χ0) is 12.1. The predicted octanol–water partition coefficient (Wildman–Crippen LogP) is 0.282. The van der Waals surface area contributed by atoms with E-state index >= 15 is 0 Å². The summed E-state index contributed by atoms with van der Waals surface area (Å²) in [6.07, 6.45) is 2.10. The van der Waals surface area contributed by atoms with Gasteiger partial charge in [-0.05, 0) is 18.8 Å². The van der Waals surface area contributed by atoms with E-state index in [0.717, 1.165) is 39.1 Å². The van der Waals surface area contributed by atoms with Gasteiger partial charge in [-0.2, -0.15) is 0 Å². The van der Waals surface area contributed by atoms with Crippen LogP contribution in [0.1, 0.15) is 12.8 Å². The number of piperidine rings is 1. The van der Waals surface area contributed by atoms with Crippen LogP contribution in [0.15, 0.2) is 0 Å². The lowest BCUT2D eigenvalue weighted by atomic mass is 9.97. The lowest BCUT2D eigenvalue weighted by Gasteiger charge is -2.35. The minimum Gasteiger partial charge on any atom is -0.384 e. The van der Waals surface area contributed by atoms with Crippen molar-refractivity contribution < 1.29 is 14.3 Å². The van der Waals surface area contributed by atoms with Crippen LogP contribution in [0, 0.1) is 5.92 Å². The molecule has 5 nitrogen and oxygen atoms in total. The molecular formula is C12H23ClN2O3. The van der Waals surface area contributed by atoms with Gasteiger partial charge in [0.05, 0.1) is 13.2 Å². The zero-order valence-corrected chi connectivity index (χ0v) is 11.7. The standard InChI is InChI=1S/C12H22N2O3.ClH/c1-16-8-10-2-5-14(6-3-10)12(15)11-9-17-7-4-13-11;/h10-11,13H,2-9H2,1H3;1H. The fourth-order valence-corrected chi connectivity index (χ4v) is 2.50. The molecule has 2 aliphatic heterocycles. The van der Waals surface area contributed by atoms with Gasteiger partial charge in [0.25, 0.3) is 0 Å². The highest BCUT2D eigenvalue weighted by Crippen LogP contribution is 2.18. The van der Waals surface area contributed by atoms with Crippen molar-refractivity contribution in [3.63, 3.8) is 0 Å². The number of ether oxygens (including phenoxy) is 2. The van der Waals surface area contributed by atoms with Crippen molar-refractivity contribution in [2.24, 2.45) is 5.92 Å². The quantitative estimate of drug-likeness (QED) is 0.806. The summed E-state index contributed by atoms with van der Waals surface area (Å²) in [4.78, 5) is 14.1. The van der Waals surface area contributed by atoms with Crippen molar-refractivity contribution in [1.29, 1.82) is 0 Å². The molecule has 2 fully saturated rings. The van der Waals surface area contributed by atoms with E-state index in [1.807, 2.05) is 4.90 Å². The molecule has 0 aliphatic carbocycles. The van der Waals surface area contributed by atoms with Gasteiger partial charge in [0.2, 0.25) is 5.91 Å². The highest BCUT2D eigenvalue weighted by molar-refractivity contribution is 5.85. The van der Waals surface area contributed by atoms with Crippen LogP contribution in [0.4, 0.5) is 0 Å². The molecule has 106 valence electrons. The number of hydrogen-bond donors (Lipinski definition) is 1. The largest absolute Gasteiger partial charge is 0.384 e. The summed E-state index contributed by atoms with van der Waals surface area (Å²) < 4.78 is 10.5. The average molecular weight is 279 g/mol. The number of rotatable bonds is 3. The van der Waals surface area contributed by atoms with Gasteiger partial charge in [-0.3, -0.25) is 4.79 Å². The molecule has 1 amide bonds. The van der Waals surface area contributed by atoms with E-state index in [4.69, 9.17) is 9.47 Å². The lowest BCUT2D eigenvalue weighted by Crippen LogP contribution is -2.54. The van der Waals surface area contributed by atoms with Crippen LogP contribution in [-0.4, -0.2) is 63.4 Å². The number of amides is 1. The van der Waals surface area contributed by atoms with Gasteiger partial charge >= 0.3 is 0 Å². The highest BCUT2D eigenvalue weighted by Gasteiger charge is 2.29. The van der Waals surface area contributed by atoms with Crippen molar-refractivity contribution in [2.75, 3.05) is 46.6 Å². The molecule has 0 bridgehead atoms. The van der Waals surface area contributed by atoms with Gasteiger partial charge in [-0.1, -0.05) is 0 Å². The summed E-state index contributed by atoms with van der Waals surface area (Å²) in [5, 5.41) is 3.21. The number of carbonyl (C=O) groups is 1. The topological polar surface area (TPSA) is 50.8 Å². The third-order valence-electron chi connectivity index (χ3n) is 3.55. The molecule has 1 N–H and O–H groups in total. The van der Waals surface area contributed by atoms with Crippen LogP contribution in [0.5, 0.6) is 0 Å². The second kappa shape index (κ2) is 7.94. The molecule has 0 aromatic heterocycles. The van der Waals surface area contributed by atoms with Gasteiger partial charge in [0.1, 0.15) is 6.04 Å². The maximum atomic E-state index is 12.2. The Hall–Kier alpha value is -0.360. The van der Waals surface area contributed by atoms with Crippen molar-refractivity contribution in [1.82, 2.24) is 10.2 Å². The van der Waals surface area contributed by atoms with Crippen molar-refractivity contribution in [2.45, 2.75) is 18.9 Å². The summed E-state index contributed by atoms with van der Waals surface area (Å²) in [6.45, 7) is 4.51. The van der Waals surface area contributed by atoms with Gasteiger partial charge in [-0.15, -0.1) is 12.4 Å². The van der Waals surface area contributed by atoms with Gasteiger partial charge in [0, 0.05) is 33.4 Å². The molecule has 2 saturated heterocycles. The van der Waals surface area contributed by atoms with Crippen molar-refractivity contribution >= 4 is 18.3 Å². The van der Waals surface area contributed by atoms with Crippen molar-refractivity contribution in [3.05, 3.63) is 0 Å². The monoisotopic (exact) mass is 278 g/mol. The Kier molecular flexibility index (Phi) is 6.92. The van der Waals surface area contributed by atoms with Crippen LogP contribution < -0.4 is 5.32 Å². The molecule has 18 heavy (non-hydrogen) atoms. The van der Waals surface area contributed by atoms with Gasteiger partial charge in [-0.25, -0.2) is 0 Å². The van der Waals surface area contributed by atoms with E-state index in [-0.39, 0.29) is 24.4 Å². The number of methoxy groups -OCH3 is 1. The lowest BCUT2D eigenvalue weighted by molar-refractivity contribution is -0.138. The number of halogens is 1. The summed E-state index contributed by atoms with van der Waals surface area (Å²) in [5.41, 5.74) is 0. The van der Waals surface area contributed by atoms with E-state index in [9.17, 15) is 4.79 Å². The molecule has 2 rings (SSSR count). The number of hydrogen-bond acceptors (Lipinski definition) is 4. The van der Waals surface area contributed by atoms with E-state index in [1.54, 1.807) is 7.11 Å². The molecule has 0 aromatic carbocycles. The number of morpholine rings is 1. The minimum atomic E-state index is -0.136. The SMILES string of the molecule is COCC1CCN(C(=O)C2COCCN2)CC1.Cl. The Morgan fingerprint density at radius 1 is 1.44 bits per heavy atom. The summed E-state index contributed by atoms with van der Waals surface area (Å²) in [7, 11) is 1.74. The maximum Gasteiger partial charge on any atom is 0.242 e. The first-order valence-corrected chi connectivity index (χ1v) is 6.40. The Balaban J connectivity index is 0.00000162. The van der Waals surface area contributed by atoms with Gasteiger partial charge in [0.15, 0.2) is 0 Å². The van der Waals surface area contributed by atoms with Crippen LogP contribution in [0.3, 0.4) is 0 Å². The molecule has 2 heterocycles. The Morgan fingerprint density at radius 2 is 2.17 bits per heavy atom. The molecule has 1 unspecified atom stereocenters. The maximum absolute atomic E-state index is 12.2. The van der Waals surface area contributed by atoms with E-state index < -0.39 is 0 Å². The van der Waals surface area contributed by atoms with Crippen LogP contribution in [0.25, 0.3) is 0 Å². The highest BCUT2D eigenvalue weighted by atomic mass is 35.5. The number of nitrogens with one attached hydrogen (secondary N) is 1. The third-order valence-corrected chi connectivity index (χ3v) is 3.55. The molecule has 2 aliphatic rings. The Labute approximate surface area is 115 Å². The second-order valence-corrected chi connectivity index (χ2v) is 4.81. The fraction of sp³-hybridized carbons (Fsp3) is 0.917. The molecule has 0 saturated carbocycles. The third kappa shape index (κ3) is 4.09. The Bertz CT molecular complexity index is 252. The van der Waals surface area contributed by atoms with E-state index in [0.29, 0.717) is 19.1 Å². The first-order valence-electron chi connectivity index (χ1n) is 6.40. The molecular weight excluding hydrogens is 256 g/mol. The molecule has 0 radical (unpaired) electrons. The summed E-state index contributed by atoms with van der Waals surface area (Å²) >= 11 is 0. The molecule has 0 spiro atoms. The van der Waals surface area contributed by atoms with Gasteiger partial charge < -0.3 is 19.7 Å². The molecule has 0 aromatic rings. The van der Waals surface area contributed by atoms with E-state index in [1.165, 1.54) is 0 Å². The smallest absolute Gasteiger partial charge is 0.242 e. The number of carbonyl (C=O) groups excluding carboxylic acids is 1. The van der Waals surface area contributed by atoms with Crippen LogP contribution in [0.2, 0.25) is 0 Å². The number of likely N-dealkylation sites (tertiary alicyclic amines) is 1. The normalized spacial score (nSPS) is 25.6. The molecule has 6 heteroatoms. The first-order chi connectivity index (χ1) is 8.31. The minimum absolute atomic E-state index is 0. The van der Waals surface area contributed by atoms with Crippen molar-refractivity contribution in [3.8, 4) is 0 Å².